The van der Waals surface area contributed by atoms with Gasteiger partial charge in [0, 0.05) is 10.8 Å². The van der Waals surface area contributed by atoms with Gasteiger partial charge in [0.15, 0.2) is 5.82 Å². The molecule has 5 nitrogen and oxygen atoms in total. The Morgan fingerprint density at radius 3 is 2.63 bits per heavy atom. The summed E-state index contributed by atoms with van der Waals surface area (Å²) in [6.07, 6.45) is 2.62. The highest BCUT2D eigenvalue weighted by Gasteiger charge is 2.35. The van der Waals surface area contributed by atoms with Gasteiger partial charge in [-0.25, -0.2) is 4.79 Å². The third kappa shape index (κ3) is 2.36. The summed E-state index contributed by atoms with van der Waals surface area (Å²) in [6.45, 7) is 3.70. The summed E-state index contributed by atoms with van der Waals surface area (Å²) >= 11 is 0. The molecule has 1 aromatic heterocycles. The molecule has 2 rings (SSSR count). The smallest absolute Gasteiger partial charge is 0.329 e. The number of rotatable bonds is 5. The predicted molar refractivity (Wildman–Crippen MR) is 74.1 cm³/mol. The summed E-state index contributed by atoms with van der Waals surface area (Å²) in [5.41, 5.74) is -1.00. The van der Waals surface area contributed by atoms with E-state index in [-0.39, 0.29) is 0 Å². The zero-order chi connectivity index (χ0) is 13.9. The SMILES string of the molecule is CCC(CC)(Nc1nncc2ccccc12)C(=O)O. The molecule has 0 aliphatic carbocycles. The number of carbonyl (C=O) groups is 1. The second kappa shape index (κ2) is 5.22. The average Bonchev–Trinajstić information content (AvgIpc) is 2.44. The highest BCUT2D eigenvalue weighted by Crippen LogP contribution is 2.26. The molecule has 0 spiro atoms. The van der Waals surface area contributed by atoms with Gasteiger partial charge in [0.05, 0.1) is 6.20 Å². The number of nitrogens with zero attached hydrogens (tertiary/aromatic N) is 2. The van der Waals surface area contributed by atoms with Crippen molar-refractivity contribution in [3.8, 4) is 0 Å². The minimum atomic E-state index is -1.00. The predicted octanol–water partition coefficient (Wildman–Crippen LogP) is 2.69. The second-order valence-corrected chi connectivity index (χ2v) is 4.50. The summed E-state index contributed by atoms with van der Waals surface area (Å²) < 4.78 is 0. The molecule has 0 radical (unpaired) electrons. The monoisotopic (exact) mass is 259 g/mol. The number of hydrogen-bond donors (Lipinski definition) is 2. The standard InChI is InChI=1S/C14H17N3O2/c1-3-14(4-2,13(18)19)16-12-11-8-6-5-7-10(11)9-15-17-12/h5-9H,3-4H2,1-2H3,(H,16,17)(H,18,19). The lowest BCUT2D eigenvalue weighted by molar-refractivity contribution is -0.142. The molecule has 0 aliphatic rings. The normalized spacial score (nSPS) is 11.5. The Labute approximate surface area is 111 Å². The van der Waals surface area contributed by atoms with Gasteiger partial charge < -0.3 is 10.4 Å². The summed E-state index contributed by atoms with van der Waals surface area (Å²) in [4.78, 5) is 11.5. The first-order valence-electron chi connectivity index (χ1n) is 6.35. The van der Waals surface area contributed by atoms with Crippen LogP contribution in [0.5, 0.6) is 0 Å². The molecular weight excluding hydrogens is 242 g/mol. The van der Waals surface area contributed by atoms with Gasteiger partial charge in [-0.2, -0.15) is 5.10 Å². The summed E-state index contributed by atoms with van der Waals surface area (Å²) in [5, 5.41) is 22.3. The maximum Gasteiger partial charge on any atom is 0.329 e. The first kappa shape index (κ1) is 13.3. The molecule has 0 atom stereocenters. The van der Waals surface area contributed by atoms with E-state index in [9.17, 15) is 9.90 Å². The second-order valence-electron chi connectivity index (χ2n) is 4.50. The van der Waals surface area contributed by atoms with Crippen LogP contribution in [0.3, 0.4) is 0 Å². The summed E-state index contributed by atoms with van der Waals surface area (Å²) in [6, 6.07) is 7.65. The fourth-order valence-electron chi connectivity index (χ4n) is 2.13. The number of carboxylic acid groups (broad SMARTS) is 1. The van der Waals surface area contributed by atoms with Gasteiger partial charge in [0.1, 0.15) is 5.54 Å². The van der Waals surface area contributed by atoms with Crippen molar-refractivity contribution >= 4 is 22.6 Å². The minimum Gasteiger partial charge on any atom is -0.480 e. The van der Waals surface area contributed by atoms with Crippen LogP contribution in [0.2, 0.25) is 0 Å². The van der Waals surface area contributed by atoms with Crippen molar-refractivity contribution in [2.45, 2.75) is 32.2 Å². The average molecular weight is 259 g/mol. The molecular formula is C14H17N3O2. The van der Waals surface area contributed by atoms with Crippen LogP contribution in [0.1, 0.15) is 26.7 Å². The number of nitrogens with one attached hydrogen (secondary N) is 1. The Morgan fingerprint density at radius 2 is 2.00 bits per heavy atom. The lowest BCUT2D eigenvalue weighted by atomic mass is 9.92. The van der Waals surface area contributed by atoms with Crippen molar-refractivity contribution in [3.05, 3.63) is 30.5 Å². The zero-order valence-electron chi connectivity index (χ0n) is 11.1. The van der Waals surface area contributed by atoms with Crippen molar-refractivity contribution in [2.24, 2.45) is 0 Å². The van der Waals surface area contributed by atoms with Gasteiger partial charge >= 0.3 is 5.97 Å². The molecule has 0 bridgehead atoms. The van der Waals surface area contributed by atoms with Gasteiger partial charge in [0.2, 0.25) is 0 Å². The quantitative estimate of drug-likeness (QED) is 0.863. The van der Waals surface area contributed by atoms with Crippen LogP contribution in [0.25, 0.3) is 10.8 Å². The Kier molecular flexibility index (Phi) is 3.64. The van der Waals surface area contributed by atoms with Crippen LogP contribution in [-0.4, -0.2) is 26.8 Å². The van der Waals surface area contributed by atoms with Crippen molar-refractivity contribution in [2.75, 3.05) is 5.32 Å². The molecule has 5 heteroatoms. The lowest BCUT2D eigenvalue weighted by Gasteiger charge is -2.28. The Morgan fingerprint density at radius 1 is 1.32 bits per heavy atom. The Bertz CT molecular complexity index is 589. The number of aromatic nitrogens is 2. The minimum absolute atomic E-state index is 0.476. The number of carboxylic acids is 1. The number of hydrogen-bond acceptors (Lipinski definition) is 4. The van der Waals surface area contributed by atoms with E-state index in [0.717, 1.165) is 10.8 Å². The molecule has 2 aromatic rings. The largest absolute Gasteiger partial charge is 0.480 e. The van der Waals surface area contributed by atoms with Crippen molar-refractivity contribution in [1.82, 2.24) is 10.2 Å². The molecule has 0 unspecified atom stereocenters. The fraction of sp³-hybridized carbons (Fsp3) is 0.357. The molecule has 19 heavy (non-hydrogen) atoms. The molecule has 0 saturated carbocycles. The highest BCUT2D eigenvalue weighted by molar-refractivity contribution is 5.93. The number of fused-ring (bicyclic) bond motifs is 1. The maximum absolute atomic E-state index is 11.5. The van der Waals surface area contributed by atoms with Crippen molar-refractivity contribution < 1.29 is 9.90 Å². The van der Waals surface area contributed by atoms with Gasteiger partial charge in [-0.05, 0) is 12.8 Å². The van der Waals surface area contributed by atoms with Gasteiger partial charge in [0.25, 0.3) is 0 Å². The van der Waals surface area contributed by atoms with E-state index in [0.29, 0.717) is 18.7 Å². The maximum atomic E-state index is 11.5. The van der Waals surface area contributed by atoms with Crippen molar-refractivity contribution in [1.29, 1.82) is 0 Å². The van der Waals surface area contributed by atoms with E-state index >= 15 is 0 Å². The van der Waals surface area contributed by atoms with E-state index in [2.05, 4.69) is 15.5 Å². The first-order valence-corrected chi connectivity index (χ1v) is 6.35. The topological polar surface area (TPSA) is 75.1 Å². The van der Waals surface area contributed by atoms with Crippen LogP contribution < -0.4 is 5.32 Å². The molecule has 0 aliphatic heterocycles. The van der Waals surface area contributed by atoms with Gasteiger partial charge in [-0.1, -0.05) is 38.1 Å². The molecule has 1 aromatic carbocycles. The molecule has 0 saturated heterocycles. The third-order valence-corrected chi connectivity index (χ3v) is 3.54. The molecule has 100 valence electrons. The first-order chi connectivity index (χ1) is 9.13. The number of aliphatic carboxylic acids is 1. The Balaban J connectivity index is 2.48. The molecule has 0 amide bonds. The van der Waals surface area contributed by atoms with E-state index in [1.807, 2.05) is 38.1 Å². The third-order valence-electron chi connectivity index (χ3n) is 3.54. The number of benzene rings is 1. The van der Waals surface area contributed by atoms with Crippen LogP contribution in [0.15, 0.2) is 30.5 Å². The van der Waals surface area contributed by atoms with Gasteiger partial charge in [-0.15, -0.1) is 5.10 Å². The van der Waals surface area contributed by atoms with Crippen molar-refractivity contribution in [3.63, 3.8) is 0 Å². The lowest BCUT2D eigenvalue weighted by Crippen LogP contribution is -2.45. The van der Waals surface area contributed by atoms with Crippen LogP contribution in [0, 0.1) is 0 Å². The van der Waals surface area contributed by atoms with Gasteiger partial charge in [-0.3, -0.25) is 0 Å². The fourth-order valence-corrected chi connectivity index (χ4v) is 2.13. The van der Waals surface area contributed by atoms with E-state index < -0.39 is 11.5 Å². The molecule has 1 heterocycles. The molecule has 2 N–H and O–H groups in total. The highest BCUT2D eigenvalue weighted by atomic mass is 16.4. The van der Waals surface area contributed by atoms with E-state index in [1.165, 1.54) is 0 Å². The Hall–Kier alpha value is -2.17. The summed E-state index contributed by atoms with van der Waals surface area (Å²) in [5.74, 6) is -0.351. The van der Waals surface area contributed by atoms with E-state index in [1.54, 1.807) is 6.20 Å². The van der Waals surface area contributed by atoms with Crippen LogP contribution in [0.4, 0.5) is 5.82 Å². The zero-order valence-corrected chi connectivity index (χ0v) is 11.1. The van der Waals surface area contributed by atoms with E-state index in [4.69, 9.17) is 0 Å². The summed E-state index contributed by atoms with van der Waals surface area (Å²) in [7, 11) is 0. The number of anilines is 1. The molecule has 0 fully saturated rings. The van der Waals surface area contributed by atoms with Crippen LogP contribution >= 0.6 is 0 Å². The van der Waals surface area contributed by atoms with Crippen LogP contribution in [-0.2, 0) is 4.79 Å².